The van der Waals surface area contributed by atoms with Crippen molar-refractivity contribution >= 4 is 23.1 Å². The molecule has 2 heterocycles. The molecule has 0 radical (unpaired) electrons. The van der Waals surface area contributed by atoms with Crippen LogP contribution in [0, 0.1) is 0 Å². The number of benzene rings is 1. The molecule has 1 atom stereocenters. The summed E-state index contributed by atoms with van der Waals surface area (Å²) in [4.78, 5) is 1.05. The lowest BCUT2D eigenvalue weighted by Crippen LogP contribution is -2.14. The fourth-order valence-corrected chi connectivity index (χ4v) is 3.57. The van der Waals surface area contributed by atoms with E-state index in [-0.39, 0.29) is 6.04 Å². The van der Waals surface area contributed by atoms with Crippen LogP contribution in [0.25, 0.3) is 0 Å². The van der Waals surface area contributed by atoms with E-state index < -0.39 is 0 Å². The number of aromatic nitrogens is 2. The molecule has 106 valence electrons. The molecule has 0 amide bonds. The van der Waals surface area contributed by atoms with Gasteiger partial charge in [0.1, 0.15) is 5.75 Å². The highest BCUT2D eigenvalue weighted by Gasteiger charge is 2.21. The van der Waals surface area contributed by atoms with Crippen LogP contribution < -0.4 is 10.5 Å². The normalized spacial score (nSPS) is 14.9. The number of hydrogen-bond donors (Lipinski definition) is 1. The topological polar surface area (TPSA) is 61.0 Å². The van der Waals surface area contributed by atoms with Gasteiger partial charge in [-0.3, -0.25) is 0 Å². The van der Waals surface area contributed by atoms with Gasteiger partial charge in [0, 0.05) is 17.5 Å². The molecule has 2 aromatic rings. The lowest BCUT2D eigenvalue weighted by atomic mass is 10.0. The summed E-state index contributed by atoms with van der Waals surface area (Å²) in [5.74, 6) is 0.959. The van der Waals surface area contributed by atoms with Gasteiger partial charge in [-0.05, 0) is 47.6 Å². The first-order chi connectivity index (χ1) is 9.69. The van der Waals surface area contributed by atoms with Gasteiger partial charge < -0.3 is 10.5 Å². The van der Waals surface area contributed by atoms with Crippen LogP contribution in [0.15, 0.2) is 12.1 Å². The maximum atomic E-state index is 6.32. The molecule has 6 heteroatoms. The first-order valence-electron chi connectivity index (χ1n) is 6.69. The van der Waals surface area contributed by atoms with E-state index >= 15 is 0 Å². The molecule has 2 N–H and O–H groups in total. The van der Waals surface area contributed by atoms with Crippen LogP contribution in [0.2, 0.25) is 5.02 Å². The van der Waals surface area contributed by atoms with Gasteiger partial charge in [0.05, 0.1) is 17.2 Å². The maximum Gasteiger partial charge on any atom is 0.125 e. The number of hydrogen-bond acceptors (Lipinski definition) is 5. The fraction of sp³-hybridized carbons (Fsp3) is 0.429. The quantitative estimate of drug-likeness (QED) is 0.943. The molecule has 0 spiro atoms. The molecule has 0 saturated carbocycles. The molecular formula is C14H16ClN3OS. The zero-order valence-electron chi connectivity index (χ0n) is 11.2. The first kappa shape index (κ1) is 13.8. The summed E-state index contributed by atoms with van der Waals surface area (Å²) in [5.41, 5.74) is 9.57. The summed E-state index contributed by atoms with van der Waals surface area (Å²) in [7, 11) is 0. The van der Waals surface area contributed by atoms with Crippen LogP contribution in [-0.4, -0.2) is 16.2 Å². The van der Waals surface area contributed by atoms with Crippen LogP contribution in [0.5, 0.6) is 5.75 Å². The second-order valence-electron chi connectivity index (χ2n) is 4.90. The van der Waals surface area contributed by atoms with Gasteiger partial charge in [0.2, 0.25) is 0 Å². The van der Waals surface area contributed by atoms with Gasteiger partial charge in [-0.1, -0.05) is 23.0 Å². The van der Waals surface area contributed by atoms with Crippen molar-refractivity contribution in [2.75, 3.05) is 6.61 Å². The third kappa shape index (κ3) is 2.53. The van der Waals surface area contributed by atoms with Crippen LogP contribution in [0.4, 0.5) is 0 Å². The van der Waals surface area contributed by atoms with Gasteiger partial charge >= 0.3 is 0 Å². The van der Waals surface area contributed by atoms with E-state index in [0.717, 1.165) is 46.4 Å². The maximum absolute atomic E-state index is 6.32. The molecule has 20 heavy (non-hydrogen) atoms. The molecule has 4 nitrogen and oxygen atoms in total. The minimum absolute atomic E-state index is 0.114. The highest BCUT2D eigenvalue weighted by atomic mass is 35.5. The Morgan fingerprint density at radius 3 is 3.15 bits per heavy atom. The molecule has 1 aliphatic rings. The summed E-state index contributed by atoms with van der Waals surface area (Å²) < 4.78 is 9.72. The molecule has 0 saturated heterocycles. The van der Waals surface area contributed by atoms with E-state index in [2.05, 4.69) is 16.5 Å². The molecule has 3 rings (SSSR count). The smallest absolute Gasteiger partial charge is 0.125 e. The van der Waals surface area contributed by atoms with E-state index in [1.165, 1.54) is 17.1 Å². The Bertz CT molecular complexity index is 629. The third-order valence-corrected chi connectivity index (χ3v) is 4.64. The molecule has 0 aliphatic carbocycles. The van der Waals surface area contributed by atoms with Crippen molar-refractivity contribution in [3.05, 3.63) is 38.9 Å². The van der Waals surface area contributed by atoms with Gasteiger partial charge in [0.25, 0.3) is 0 Å². The minimum Gasteiger partial charge on any atom is -0.493 e. The predicted octanol–water partition coefficient (Wildman–Crippen LogP) is 2.93. The number of ether oxygens (including phenoxy) is 1. The standard InChI is InChI=1S/C14H16ClN3OS/c1-2-12-14(20-18-17-12)11(16)7-9-6-10(15)5-8-3-4-19-13(8)9/h5-6,11H,2-4,7,16H2,1H3. The summed E-state index contributed by atoms with van der Waals surface area (Å²) >= 11 is 7.56. The lowest BCUT2D eigenvalue weighted by Gasteiger charge is -2.14. The number of nitrogens with two attached hydrogens (primary N) is 1. The van der Waals surface area contributed by atoms with Crippen LogP contribution >= 0.6 is 23.1 Å². The van der Waals surface area contributed by atoms with Gasteiger partial charge in [-0.2, -0.15) is 0 Å². The average Bonchev–Trinajstić information content (AvgIpc) is 3.06. The zero-order valence-corrected chi connectivity index (χ0v) is 12.8. The molecule has 0 fully saturated rings. The van der Waals surface area contributed by atoms with Crippen molar-refractivity contribution in [3.8, 4) is 5.75 Å². The first-order valence-corrected chi connectivity index (χ1v) is 7.85. The molecule has 0 bridgehead atoms. The highest BCUT2D eigenvalue weighted by molar-refractivity contribution is 7.05. The second-order valence-corrected chi connectivity index (χ2v) is 6.12. The number of fused-ring (bicyclic) bond motifs is 1. The molecule has 1 aliphatic heterocycles. The number of aryl methyl sites for hydroxylation is 1. The van der Waals surface area contributed by atoms with Crippen molar-refractivity contribution in [1.82, 2.24) is 9.59 Å². The van der Waals surface area contributed by atoms with E-state index in [4.69, 9.17) is 22.1 Å². The van der Waals surface area contributed by atoms with Crippen molar-refractivity contribution < 1.29 is 4.74 Å². The van der Waals surface area contributed by atoms with E-state index in [1.807, 2.05) is 12.1 Å². The Morgan fingerprint density at radius 1 is 1.50 bits per heavy atom. The summed E-state index contributed by atoms with van der Waals surface area (Å²) in [6, 6.07) is 3.81. The summed E-state index contributed by atoms with van der Waals surface area (Å²) in [6.07, 6.45) is 2.46. The number of halogens is 1. The lowest BCUT2D eigenvalue weighted by molar-refractivity contribution is 0.352. The van der Waals surface area contributed by atoms with Crippen LogP contribution in [0.1, 0.15) is 34.7 Å². The number of rotatable bonds is 4. The monoisotopic (exact) mass is 309 g/mol. The Kier molecular flexibility index (Phi) is 3.92. The second kappa shape index (κ2) is 5.68. The average molecular weight is 310 g/mol. The Morgan fingerprint density at radius 2 is 2.35 bits per heavy atom. The van der Waals surface area contributed by atoms with Crippen LogP contribution in [-0.2, 0) is 19.3 Å². The van der Waals surface area contributed by atoms with Gasteiger partial charge in [0.15, 0.2) is 0 Å². The van der Waals surface area contributed by atoms with Crippen molar-refractivity contribution in [1.29, 1.82) is 0 Å². The Hall–Kier alpha value is -1.17. The SMILES string of the molecule is CCc1nnsc1C(N)Cc1cc(Cl)cc2c1OCC2. The number of nitrogens with zero attached hydrogens (tertiary/aromatic N) is 2. The highest BCUT2D eigenvalue weighted by Crippen LogP contribution is 2.35. The predicted molar refractivity (Wildman–Crippen MR) is 80.6 cm³/mol. The van der Waals surface area contributed by atoms with E-state index in [0.29, 0.717) is 6.42 Å². The van der Waals surface area contributed by atoms with Crippen LogP contribution in [0.3, 0.4) is 0 Å². The van der Waals surface area contributed by atoms with Gasteiger partial charge in [-0.25, -0.2) is 0 Å². The Balaban J connectivity index is 1.88. The summed E-state index contributed by atoms with van der Waals surface area (Å²) in [5, 5.41) is 4.86. The Labute approximate surface area is 127 Å². The van der Waals surface area contributed by atoms with E-state index in [9.17, 15) is 0 Å². The zero-order chi connectivity index (χ0) is 14.1. The molecule has 1 aromatic heterocycles. The molecular weight excluding hydrogens is 294 g/mol. The fourth-order valence-electron chi connectivity index (χ4n) is 2.57. The minimum atomic E-state index is -0.114. The third-order valence-electron chi connectivity index (χ3n) is 3.52. The molecule has 1 aromatic carbocycles. The van der Waals surface area contributed by atoms with Gasteiger partial charge in [-0.15, -0.1) is 5.10 Å². The summed E-state index contributed by atoms with van der Waals surface area (Å²) in [6.45, 7) is 2.79. The van der Waals surface area contributed by atoms with Crippen molar-refractivity contribution in [3.63, 3.8) is 0 Å². The molecule has 1 unspecified atom stereocenters. The van der Waals surface area contributed by atoms with Crippen molar-refractivity contribution in [2.45, 2.75) is 32.2 Å². The van der Waals surface area contributed by atoms with E-state index in [1.54, 1.807) is 0 Å². The van der Waals surface area contributed by atoms with Crippen molar-refractivity contribution in [2.24, 2.45) is 5.73 Å². The largest absolute Gasteiger partial charge is 0.493 e.